The van der Waals surface area contributed by atoms with Crippen LogP contribution in [0.4, 0.5) is 0 Å². The summed E-state index contributed by atoms with van der Waals surface area (Å²) in [5.41, 5.74) is 1.26. The SMILES string of the molecule is CC=Cc1ccccc1.[Sn]. The fraction of sp³-hybridized carbons (Fsp3) is 0.111. The molecule has 0 aliphatic rings. The van der Waals surface area contributed by atoms with Gasteiger partial charge in [0.25, 0.3) is 0 Å². The van der Waals surface area contributed by atoms with Crippen molar-refractivity contribution in [3.05, 3.63) is 42.0 Å². The first kappa shape index (κ1) is 9.76. The standard InChI is InChI=1S/C9H10.Sn/c1-2-6-9-7-4-3-5-8-9;/h2-8H,1H3;. The van der Waals surface area contributed by atoms with E-state index in [0.29, 0.717) is 0 Å². The van der Waals surface area contributed by atoms with E-state index in [1.165, 1.54) is 5.56 Å². The second kappa shape index (κ2) is 5.54. The summed E-state index contributed by atoms with van der Waals surface area (Å²) >= 11 is 0. The summed E-state index contributed by atoms with van der Waals surface area (Å²) in [4.78, 5) is 0. The van der Waals surface area contributed by atoms with Gasteiger partial charge in [0.2, 0.25) is 0 Å². The molecule has 4 radical (unpaired) electrons. The zero-order chi connectivity index (χ0) is 6.53. The van der Waals surface area contributed by atoms with Gasteiger partial charge in [-0.3, -0.25) is 0 Å². The molecule has 1 aromatic carbocycles. The van der Waals surface area contributed by atoms with Crippen molar-refractivity contribution in [2.45, 2.75) is 6.92 Å². The largest absolute Gasteiger partial charge is 0.0871 e. The summed E-state index contributed by atoms with van der Waals surface area (Å²) in [6.45, 7) is 2.02. The molecule has 0 spiro atoms. The van der Waals surface area contributed by atoms with Crippen molar-refractivity contribution in [1.82, 2.24) is 0 Å². The monoisotopic (exact) mass is 238 g/mol. The van der Waals surface area contributed by atoms with E-state index in [0.717, 1.165) is 0 Å². The average molecular weight is 237 g/mol. The summed E-state index contributed by atoms with van der Waals surface area (Å²) in [7, 11) is 0. The smallest absolute Gasteiger partial charge is 0 e. The molecule has 0 atom stereocenters. The van der Waals surface area contributed by atoms with Crippen molar-refractivity contribution in [3.8, 4) is 0 Å². The quantitative estimate of drug-likeness (QED) is 0.657. The van der Waals surface area contributed by atoms with Crippen LogP contribution in [-0.2, 0) is 0 Å². The van der Waals surface area contributed by atoms with E-state index in [1.54, 1.807) is 0 Å². The van der Waals surface area contributed by atoms with Crippen LogP contribution < -0.4 is 0 Å². The third kappa shape index (κ3) is 3.06. The molecule has 0 bridgehead atoms. The van der Waals surface area contributed by atoms with Crippen LogP contribution in [0.1, 0.15) is 12.5 Å². The van der Waals surface area contributed by atoms with E-state index in [4.69, 9.17) is 0 Å². The summed E-state index contributed by atoms with van der Waals surface area (Å²) in [6, 6.07) is 10.3. The van der Waals surface area contributed by atoms with Crippen LogP contribution in [0.3, 0.4) is 0 Å². The van der Waals surface area contributed by atoms with E-state index in [9.17, 15) is 0 Å². The molecule has 0 nitrogen and oxygen atoms in total. The number of rotatable bonds is 1. The first-order valence-electron chi connectivity index (χ1n) is 3.11. The molecule has 0 aromatic heterocycles. The maximum absolute atomic E-state index is 2.08. The molecule has 0 saturated heterocycles. The minimum Gasteiger partial charge on any atom is -0.0871 e. The van der Waals surface area contributed by atoms with Crippen molar-refractivity contribution in [3.63, 3.8) is 0 Å². The number of allylic oxidation sites excluding steroid dienone is 1. The molecular weight excluding hydrogens is 227 g/mol. The topological polar surface area (TPSA) is 0 Å². The van der Waals surface area contributed by atoms with Gasteiger partial charge in [-0.25, -0.2) is 0 Å². The Hall–Kier alpha value is -0.241. The third-order valence-electron chi connectivity index (χ3n) is 1.16. The zero-order valence-electron chi connectivity index (χ0n) is 6.04. The van der Waals surface area contributed by atoms with Crippen LogP contribution in [0.5, 0.6) is 0 Å². The Labute approximate surface area is 78.9 Å². The average Bonchev–Trinajstić information content (AvgIpc) is 1.91. The Morgan fingerprint density at radius 3 is 2.20 bits per heavy atom. The number of hydrogen-bond donors (Lipinski definition) is 0. The molecule has 0 N–H and O–H groups in total. The summed E-state index contributed by atoms with van der Waals surface area (Å²) in [5, 5.41) is 0. The van der Waals surface area contributed by atoms with Gasteiger partial charge in [-0.1, -0.05) is 42.5 Å². The van der Waals surface area contributed by atoms with Crippen LogP contribution >= 0.6 is 0 Å². The number of hydrogen-bond acceptors (Lipinski definition) is 0. The Balaban J connectivity index is 0.000000810. The second-order valence-electron chi connectivity index (χ2n) is 1.91. The molecule has 0 fully saturated rings. The van der Waals surface area contributed by atoms with Crippen molar-refractivity contribution in [1.29, 1.82) is 0 Å². The van der Waals surface area contributed by atoms with E-state index >= 15 is 0 Å². The van der Waals surface area contributed by atoms with Crippen LogP contribution in [-0.4, -0.2) is 23.9 Å². The van der Waals surface area contributed by atoms with Crippen molar-refractivity contribution in [2.75, 3.05) is 0 Å². The van der Waals surface area contributed by atoms with Gasteiger partial charge in [0.1, 0.15) is 0 Å². The molecular formula is C9H10Sn. The minimum atomic E-state index is 0. The van der Waals surface area contributed by atoms with E-state index in [1.807, 2.05) is 31.2 Å². The Morgan fingerprint density at radius 2 is 1.70 bits per heavy atom. The van der Waals surface area contributed by atoms with E-state index < -0.39 is 0 Å². The fourth-order valence-electron chi connectivity index (χ4n) is 0.757. The van der Waals surface area contributed by atoms with Gasteiger partial charge in [-0.15, -0.1) is 0 Å². The Morgan fingerprint density at radius 1 is 1.10 bits per heavy atom. The van der Waals surface area contributed by atoms with Gasteiger partial charge in [-0.05, 0) is 12.5 Å². The zero-order valence-corrected chi connectivity index (χ0v) is 8.90. The van der Waals surface area contributed by atoms with Crippen LogP contribution in [0.2, 0.25) is 0 Å². The molecule has 0 amide bonds. The predicted octanol–water partition coefficient (Wildman–Crippen LogP) is 2.34. The van der Waals surface area contributed by atoms with Crippen LogP contribution in [0.15, 0.2) is 36.4 Å². The molecule has 0 aliphatic carbocycles. The maximum Gasteiger partial charge on any atom is 0 e. The van der Waals surface area contributed by atoms with Gasteiger partial charge in [0.15, 0.2) is 0 Å². The number of benzene rings is 1. The summed E-state index contributed by atoms with van der Waals surface area (Å²) < 4.78 is 0. The molecule has 10 heavy (non-hydrogen) atoms. The Kier molecular flexibility index (Phi) is 5.40. The fourth-order valence-corrected chi connectivity index (χ4v) is 0.757. The molecule has 0 aliphatic heterocycles. The van der Waals surface area contributed by atoms with E-state index in [-0.39, 0.29) is 23.9 Å². The van der Waals surface area contributed by atoms with Crippen molar-refractivity contribution >= 4 is 30.0 Å². The van der Waals surface area contributed by atoms with Gasteiger partial charge in [0.05, 0.1) is 0 Å². The molecule has 1 rings (SSSR count). The first-order valence-corrected chi connectivity index (χ1v) is 3.11. The maximum atomic E-state index is 2.08. The first-order chi connectivity index (χ1) is 4.43. The normalized spacial score (nSPS) is 9.30. The van der Waals surface area contributed by atoms with Gasteiger partial charge in [0, 0.05) is 23.9 Å². The van der Waals surface area contributed by atoms with Crippen molar-refractivity contribution in [2.24, 2.45) is 0 Å². The Bertz CT molecular complexity index is 189. The predicted molar refractivity (Wildman–Crippen MR) is 46.9 cm³/mol. The van der Waals surface area contributed by atoms with Crippen LogP contribution in [0, 0.1) is 0 Å². The minimum absolute atomic E-state index is 0. The molecule has 1 aromatic rings. The van der Waals surface area contributed by atoms with Gasteiger partial charge >= 0.3 is 0 Å². The van der Waals surface area contributed by atoms with Crippen molar-refractivity contribution < 1.29 is 0 Å². The van der Waals surface area contributed by atoms with Crippen LogP contribution in [0.25, 0.3) is 6.08 Å². The summed E-state index contributed by atoms with van der Waals surface area (Å²) in [5.74, 6) is 0. The van der Waals surface area contributed by atoms with Gasteiger partial charge in [-0.2, -0.15) is 0 Å². The summed E-state index contributed by atoms with van der Waals surface area (Å²) in [6.07, 6.45) is 4.12. The third-order valence-corrected chi connectivity index (χ3v) is 1.16. The second-order valence-corrected chi connectivity index (χ2v) is 1.91. The molecule has 0 heterocycles. The molecule has 0 unspecified atom stereocenters. The molecule has 1 heteroatoms. The molecule has 0 saturated carbocycles. The van der Waals surface area contributed by atoms with Gasteiger partial charge < -0.3 is 0 Å². The van der Waals surface area contributed by atoms with E-state index in [2.05, 4.69) is 18.2 Å². The molecule has 50 valence electrons.